The minimum atomic E-state index is -0.387. The minimum absolute atomic E-state index is 0.125. The highest BCUT2D eigenvalue weighted by molar-refractivity contribution is 6.31. The van der Waals surface area contributed by atoms with Crippen LogP contribution in [-0.2, 0) is 4.84 Å². The van der Waals surface area contributed by atoms with Crippen LogP contribution in [0.25, 0.3) is 5.70 Å². The fourth-order valence-corrected chi connectivity index (χ4v) is 3.67. The molecule has 2 heterocycles. The van der Waals surface area contributed by atoms with E-state index < -0.39 is 0 Å². The molecule has 0 saturated carbocycles. The van der Waals surface area contributed by atoms with Gasteiger partial charge in [0, 0.05) is 41.7 Å². The molecule has 0 bridgehead atoms. The van der Waals surface area contributed by atoms with Crippen molar-refractivity contribution in [1.29, 1.82) is 0 Å². The monoisotopic (exact) mass is 403 g/mol. The van der Waals surface area contributed by atoms with Gasteiger partial charge in [0.2, 0.25) is 0 Å². The Morgan fingerprint density at radius 1 is 1.07 bits per heavy atom. The molecule has 0 unspecified atom stereocenters. The minimum Gasteiger partial charge on any atom is -0.324 e. The third-order valence-corrected chi connectivity index (χ3v) is 5.39. The van der Waals surface area contributed by atoms with Gasteiger partial charge >= 0.3 is 6.03 Å². The molecule has 1 fully saturated rings. The molecule has 2 aliphatic heterocycles. The second kappa shape index (κ2) is 7.43. The Morgan fingerprint density at radius 2 is 1.81 bits per heavy atom. The highest BCUT2D eigenvalue weighted by Gasteiger charge is 2.39. The number of anilines is 1. The molecule has 1 spiro atoms. The van der Waals surface area contributed by atoms with Gasteiger partial charge in [-0.2, -0.15) is 0 Å². The van der Waals surface area contributed by atoms with Crippen molar-refractivity contribution in [2.24, 2.45) is 0 Å². The summed E-state index contributed by atoms with van der Waals surface area (Å²) < 4.78 is 0. The zero-order valence-corrected chi connectivity index (χ0v) is 16.1. The highest BCUT2D eigenvalue weighted by Crippen LogP contribution is 2.35. The molecule has 2 aromatic carbocycles. The molecule has 2 aliphatic rings. The first kappa shape index (κ1) is 18.2. The Bertz CT molecular complexity index is 875. The van der Waals surface area contributed by atoms with E-state index >= 15 is 0 Å². The fourth-order valence-electron chi connectivity index (χ4n) is 3.35. The Hall–Kier alpha value is -2.21. The standard InChI is InChI=1S/C20H19Cl2N3O2/c21-15-6-4-14(5-7-15)18-13-20(27-24-18)8-10-25(11-9-20)19(26)23-17-3-1-2-16(22)12-17/h1-7,12-13,24H,8-11H2,(H,23,26). The maximum atomic E-state index is 12.5. The molecule has 0 aliphatic carbocycles. The molecule has 5 nitrogen and oxygen atoms in total. The third kappa shape index (κ3) is 4.05. The van der Waals surface area contributed by atoms with Crippen molar-refractivity contribution in [3.05, 3.63) is 70.2 Å². The van der Waals surface area contributed by atoms with Crippen LogP contribution < -0.4 is 10.8 Å². The fraction of sp³-hybridized carbons (Fsp3) is 0.250. The molecular weight excluding hydrogens is 385 g/mol. The van der Waals surface area contributed by atoms with Crippen molar-refractivity contribution in [2.45, 2.75) is 18.4 Å². The van der Waals surface area contributed by atoms with Crippen LogP contribution in [0.4, 0.5) is 10.5 Å². The van der Waals surface area contributed by atoms with E-state index in [0.29, 0.717) is 28.8 Å². The van der Waals surface area contributed by atoms with E-state index in [1.165, 1.54) is 0 Å². The number of carbonyl (C=O) groups excluding carboxylic acids is 1. The number of hydrogen-bond acceptors (Lipinski definition) is 3. The van der Waals surface area contributed by atoms with Gasteiger partial charge in [0.15, 0.2) is 0 Å². The number of nitrogens with one attached hydrogen (secondary N) is 2. The number of amides is 2. The molecule has 4 rings (SSSR count). The van der Waals surface area contributed by atoms with Gasteiger partial charge in [-0.15, -0.1) is 0 Å². The number of piperidine rings is 1. The number of hydrogen-bond donors (Lipinski definition) is 2. The average Bonchev–Trinajstić information content (AvgIpc) is 3.06. The van der Waals surface area contributed by atoms with Crippen LogP contribution in [0.15, 0.2) is 54.6 Å². The van der Waals surface area contributed by atoms with Crippen molar-refractivity contribution in [2.75, 3.05) is 18.4 Å². The predicted molar refractivity (Wildman–Crippen MR) is 108 cm³/mol. The van der Waals surface area contributed by atoms with Crippen LogP contribution in [0.1, 0.15) is 18.4 Å². The van der Waals surface area contributed by atoms with Crippen LogP contribution in [0.5, 0.6) is 0 Å². The van der Waals surface area contributed by atoms with Crippen molar-refractivity contribution in [3.8, 4) is 0 Å². The smallest absolute Gasteiger partial charge is 0.321 e. The number of halogens is 2. The maximum absolute atomic E-state index is 12.5. The van der Waals surface area contributed by atoms with Crippen LogP contribution in [0.3, 0.4) is 0 Å². The summed E-state index contributed by atoms with van der Waals surface area (Å²) in [5.41, 5.74) is 5.29. The van der Waals surface area contributed by atoms with Crippen molar-refractivity contribution >= 4 is 40.6 Å². The van der Waals surface area contributed by atoms with E-state index in [-0.39, 0.29) is 11.6 Å². The molecule has 1 saturated heterocycles. The molecule has 2 aromatic rings. The molecule has 7 heteroatoms. The molecule has 2 amide bonds. The summed E-state index contributed by atoms with van der Waals surface area (Å²) in [4.78, 5) is 20.2. The van der Waals surface area contributed by atoms with Gasteiger partial charge in [-0.1, -0.05) is 41.4 Å². The summed E-state index contributed by atoms with van der Waals surface area (Å²) in [5, 5.41) is 4.18. The van der Waals surface area contributed by atoms with Gasteiger partial charge in [0.05, 0.1) is 5.70 Å². The zero-order chi connectivity index (χ0) is 18.9. The van der Waals surface area contributed by atoms with Crippen LogP contribution >= 0.6 is 23.2 Å². The third-order valence-electron chi connectivity index (χ3n) is 4.90. The molecule has 0 atom stereocenters. The first-order chi connectivity index (χ1) is 13.0. The first-order valence-electron chi connectivity index (χ1n) is 8.77. The largest absolute Gasteiger partial charge is 0.324 e. The molecular formula is C20H19Cl2N3O2. The van der Waals surface area contributed by atoms with Gasteiger partial charge in [-0.3, -0.25) is 10.3 Å². The molecule has 0 aromatic heterocycles. The lowest BCUT2D eigenvalue weighted by Gasteiger charge is -2.36. The van der Waals surface area contributed by atoms with E-state index in [2.05, 4.69) is 16.9 Å². The van der Waals surface area contributed by atoms with Crippen LogP contribution in [0.2, 0.25) is 10.0 Å². The summed E-state index contributed by atoms with van der Waals surface area (Å²) >= 11 is 11.9. The van der Waals surface area contributed by atoms with E-state index in [4.69, 9.17) is 28.0 Å². The summed E-state index contributed by atoms with van der Waals surface area (Å²) in [7, 11) is 0. The molecule has 0 radical (unpaired) electrons. The quantitative estimate of drug-likeness (QED) is 0.746. The van der Waals surface area contributed by atoms with E-state index in [1.54, 1.807) is 17.0 Å². The lowest BCUT2D eigenvalue weighted by atomic mass is 9.90. The number of rotatable bonds is 2. The van der Waals surface area contributed by atoms with E-state index in [9.17, 15) is 4.79 Å². The summed E-state index contributed by atoms with van der Waals surface area (Å²) in [6.07, 6.45) is 3.56. The number of carbonyl (C=O) groups is 1. The van der Waals surface area contributed by atoms with Crippen LogP contribution in [0, 0.1) is 0 Å². The second-order valence-electron chi connectivity index (χ2n) is 6.76. The number of urea groups is 1. The van der Waals surface area contributed by atoms with Gasteiger partial charge < -0.3 is 10.2 Å². The lowest BCUT2D eigenvalue weighted by Crippen LogP contribution is -2.48. The number of nitrogens with zero attached hydrogens (tertiary/aromatic N) is 1. The van der Waals surface area contributed by atoms with E-state index in [1.807, 2.05) is 36.4 Å². The maximum Gasteiger partial charge on any atom is 0.321 e. The Balaban J connectivity index is 1.38. The van der Waals surface area contributed by atoms with Crippen molar-refractivity contribution in [1.82, 2.24) is 10.4 Å². The molecule has 2 N–H and O–H groups in total. The number of benzene rings is 2. The second-order valence-corrected chi connectivity index (χ2v) is 7.63. The summed E-state index contributed by atoms with van der Waals surface area (Å²) in [6, 6.07) is 14.6. The van der Waals surface area contributed by atoms with Gasteiger partial charge in [0.25, 0.3) is 0 Å². The molecule has 27 heavy (non-hydrogen) atoms. The van der Waals surface area contributed by atoms with Gasteiger partial charge in [-0.05, 0) is 42.0 Å². The summed E-state index contributed by atoms with van der Waals surface area (Å²) in [6.45, 7) is 1.22. The van der Waals surface area contributed by atoms with Crippen molar-refractivity contribution < 1.29 is 9.63 Å². The lowest BCUT2D eigenvalue weighted by molar-refractivity contribution is -0.0634. The Morgan fingerprint density at radius 3 is 2.52 bits per heavy atom. The normalized spacial score (nSPS) is 18.1. The SMILES string of the molecule is O=C(Nc1cccc(Cl)c1)N1CCC2(C=C(c3ccc(Cl)cc3)NO2)CC1. The highest BCUT2D eigenvalue weighted by atomic mass is 35.5. The van der Waals surface area contributed by atoms with Crippen LogP contribution in [-0.4, -0.2) is 29.6 Å². The Kier molecular flexibility index (Phi) is 5.00. The molecule has 140 valence electrons. The van der Waals surface area contributed by atoms with E-state index in [0.717, 1.165) is 24.1 Å². The topological polar surface area (TPSA) is 53.6 Å². The van der Waals surface area contributed by atoms with Gasteiger partial charge in [-0.25, -0.2) is 4.79 Å². The number of likely N-dealkylation sites (tertiary alicyclic amines) is 1. The zero-order valence-electron chi connectivity index (χ0n) is 14.5. The predicted octanol–water partition coefficient (Wildman–Crippen LogP) is 4.94. The first-order valence-corrected chi connectivity index (χ1v) is 9.53. The summed E-state index contributed by atoms with van der Waals surface area (Å²) in [5.74, 6) is 0. The Labute approximate surface area is 167 Å². The van der Waals surface area contributed by atoms with Gasteiger partial charge in [0.1, 0.15) is 5.60 Å². The van der Waals surface area contributed by atoms with Crippen molar-refractivity contribution in [3.63, 3.8) is 0 Å². The number of hydroxylamine groups is 1. The average molecular weight is 404 g/mol.